The van der Waals surface area contributed by atoms with E-state index in [0.29, 0.717) is 0 Å². The highest BCUT2D eigenvalue weighted by atomic mass is 32.1. The maximum absolute atomic E-state index is 6.57. The standard InChI is InChI=1S/C52H32N2OS/c1-2-14-37-33(13-1)29-32-41-50-36(18-11-24-47(50)55-52(37)41)34-27-30-35(31-28-34)53(46-23-12-26-49-51(46)40-17-5-10-25-48(40)56-49)44-21-8-9-22-45(44)54-42-19-6-3-15-38(42)39-16-4-7-20-43(39)54/h1-32H. The molecule has 0 aliphatic carbocycles. The van der Waals surface area contributed by atoms with E-state index in [1.807, 2.05) is 11.3 Å². The molecule has 0 atom stereocenters. The minimum Gasteiger partial charge on any atom is -0.455 e. The SMILES string of the molecule is c1ccc(-n2c3ccccc3c3ccccc32)c(N(c2ccc(-c3cccc4oc5c6ccccc6ccc5c34)cc2)c2cccc3sc4ccccc4c23)c1. The molecule has 0 amide bonds. The molecule has 262 valence electrons. The number of aromatic nitrogens is 1. The van der Waals surface area contributed by atoms with Crippen LogP contribution in [0.2, 0.25) is 0 Å². The van der Waals surface area contributed by atoms with Crippen molar-refractivity contribution in [3.63, 3.8) is 0 Å². The zero-order chi connectivity index (χ0) is 36.7. The number of nitrogens with zero attached hydrogens (tertiary/aromatic N) is 2. The van der Waals surface area contributed by atoms with Crippen molar-refractivity contribution in [3.8, 4) is 16.8 Å². The van der Waals surface area contributed by atoms with Gasteiger partial charge in [-0.3, -0.25) is 0 Å². The summed E-state index contributed by atoms with van der Waals surface area (Å²) in [7, 11) is 0. The van der Waals surface area contributed by atoms with Gasteiger partial charge in [0.15, 0.2) is 0 Å². The summed E-state index contributed by atoms with van der Waals surface area (Å²) in [6, 6.07) is 70.2. The van der Waals surface area contributed by atoms with Gasteiger partial charge in [-0.2, -0.15) is 0 Å². The van der Waals surface area contributed by atoms with Crippen LogP contribution in [-0.2, 0) is 0 Å². The Morgan fingerprint density at radius 3 is 1.89 bits per heavy atom. The van der Waals surface area contributed by atoms with Gasteiger partial charge in [-0.15, -0.1) is 11.3 Å². The first-order chi connectivity index (χ1) is 27.8. The monoisotopic (exact) mass is 732 g/mol. The fourth-order valence-electron chi connectivity index (χ4n) is 8.96. The van der Waals surface area contributed by atoms with Crippen LogP contribution in [0, 0.1) is 0 Å². The summed E-state index contributed by atoms with van der Waals surface area (Å²) in [6.45, 7) is 0. The smallest absolute Gasteiger partial charge is 0.143 e. The summed E-state index contributed by atoms with van der Waals surface area (Å²) >= 11 is 1.85. The predicted molar refractivity (Wildman–Crippen MR) is 239 cm³/mol. The molecule has 0 N–H and O–H groups in total. The van der Waals surface area contributed by atoms with Gasteiger partial charge in [0.1, 0.15) is 11.2 Å². The third-order valence-electron chi connectivity index (χ3n) is 11.4. The largest absolute Gasteiger partial charge is 0.455 e. The molecule has 12 rings (SSSR count). The van der Waals surface area contributed by atoms with Crippen molar-refractivity contribution in [2.24, 2.45) is 0 Å². The molecule has 9 aromatic carbocycles. The second kappa shape index (κ2) is 12.2. The summed E-state index contributed by atoms with van der Waals surface area (Å²) in [5.41, 5.74) is 11.0. The number of hydrogen-bond acceptors (Lipinski definition) is 3. The molecule has 0 unspecified atom stereocenters. The molecule has 12 aromatic rings. The minimum atomic E-state index is 0.899. The maximum Gasteiger partial charge on any atom is 0.143 e. The quantitative estimate of drug-likeness (QED) is 0.176. The molecule has 0 fully saturated rings. The lowest BCUT2D eigenvalue weighted by Gasteiger charge is -2.29. The predicted octanol–water partition coefficient (Wildman–Crippen LogP) is 15.3. The number of thiophene rings is 1. The summed E-state index contributed by atoms with van der Waals surface area (Å²) in [6.07, 6.45) is 0. The average molecular weight is 733 g/mol. The highest BCUT2D eigenvalue weighted by Crippen LogP contribution is 2.48. The van der Waals surface area contributed by atoms with Crippen LogP contribution in [0.15, 0.2) is 199 Å². The second-order valence-corrected chi connectivity index (χ2v) is 15.5. The van der Waals surface area contributed by atoms with E-state index in [1.54, 1.807) is 0 Å². The Labute approximate surface area is 326 Å². The molecule has 3 heterocycles. The van der Waals surface area contributed by atoms with Gasteiger partial charge in [-0.05, 0) is 83.2 Å². The van der Waals surface area contributed by atoms with Crippen molar-refractivity contribution >= 4 is 103 Å². The Kier molecular flexibility index (Phi) is 6.80. The van der Waals surface area contributed by atoms with Crippen LogP contribution in [0.3, 0.4) is 0 Å². The van der Waals surface area contributed by atoms with Gasteiger partial charge < -0.3 is 13.9 Å². The Hall–Kier alpha value is -7.14. The molecule has 56 heavy (non-hydrogen) atoms. The molecule has 3 nitrogen and oxygen atoms in total. The van der Waals surface area contributed by atoms with Crippen molar-refractivity contribution in [1.82, 2.24) is 4.57 Å². The van der Waals surface area contributed by atoms with Crippen LogP contribution in [-0.4, -0.2) is 4.57 Å². The molecule has 0 saturated carbocycles. The van der Waals surface area contributed by atoms with Gasteiger partial charge in [0.2, 0.25) is 0 Å². The Bertz CT molecular complexity index is 3440. The average Bonchev–Trinajstić information content (AvgIpc) is 3.95. The zero-order valence-corrected chi connectivity index (χ0v) is 31.0. The van der Waals surface area contributed by atoms with E-state index in [4.69, 9.17) is 4.42 Å². The van der Waals surface area contributed by atoms with Crippen molar-refractivity contribution in [2.45, 2.75) is 0 Å². The van der Waals surface area contributed by atoms with Crippen LogP contribution in [0.4, 0.5) is 17.1 Å². The lowest BCUT2D eigenvalue weighted by molar-refractivity contribution is 0.673. The van der Waals surface area contributed by atoms with E-state index < -0.39 is 0 Å². The third-order valence-corrected chi connectivity index (χ3v) is 12.5. The van der Waals surface area contributed by atoms with Crippen LogP contribution in [0.5, 0.6) is 0 Å². The number of anilines is 3. The molecule has 0 radical (unpaired) electrons. The van der Waals surface area contributed by atoms with Gasteiger partial charge in [0.25, 0.3) is 0 Å². The molecule has 0 saturated heterocycles. The number of fused-ring (bicyclic) bond motifs is 11. The number of hydrogen-bond donors (Lipinski definition) is 0. The van der Waals surface area contributed by atoms with E-state index in [-0.39, 0.29) is 0 Å². The van der Waals surface area contributed by atoms with Gasteiger partial charge in [0, 0.05) is 52.8 Å². The van der Waals surface area contributed by atoms with Crippen LogP contribution < -0.4 is 4.90 Å². The summed E-state index contributed by atoms with van der Waals surface area (Å²) in [5.74, 6) is 0. The molecule has 0 spiro atoms. The zero-order valence-electron chi connectivity index (χ0n) is 30.2. The number of para-hydroxylation sites is 4. The van der Waals surface area contributed by atoms with E-state index in [2.05, 4.69) is 204 Å². The van der Waals surface area contributed by atoms with Crippen molar-refractivity contribution < 1.29 is 4.42 Å². The summed E-state index contributed by atoms with van der Waals surface area (Å²) < 4.78 is 11.6. The molecule has 4 heteroatoms. The van der Waals surface area contributed by atoms with Gasteiger partial charge in [0.05, 0.1) is 28.1 Å². The van der Waals surface area contributed by atoms with Crippen LogP contribution >= 0.6 is 11.3 Å². The fourth-order valence-corrected chi connectivity index (χ4v) is 10.1. The number of benzene rings is 9. The van der Waals surface area contributed by atoms with Crippen LogP contribution in [0.25, 0.3) is 91.5 Å². The van der Waals surface area contributed by atoms with Crippen molar-refractivity contribution in [3.05, 3.63) is 194 Å². The maximum atomic E-state index is 6.57. The van der Waals surface area contributed by atoms with Gasteiger partial charge in [-0.1, -0.05) is 127 Å². The molecule has 0 bridgehead atoms. The van der Waals surface area contributed by atoms with Crippen molar-refractivity contribution in [2.75, 3.05) is 4.90 Å². The highest BCUT2D eigenvalue weighted by Gasteiger charge is 2.23. The van der Waals surface area contributed by atoms with E-state index in [0.717, 1.165) is 61.2 Å². The molecular formula is C52H32N2OS. The first-order valence-corrected chi connectivity index (χ1v) is 19.8. The van der Waals surface area contributed by atoms with Crippen molar-refractivity contribution in [1.29, 1.82) is 0 Å². The Morgan fingerprint density at radius 1 is 0.429 bits per heavy atom. The lowest BCUT2D eigenvalue weighted by Crippen LogP contribution is -2.13. The van der Waals surface area contributed by atoms with Gasteiger partial charge in [-0.25, -0.2) is 0 Å². The van der Waals surface area contributed by atoms with E-state index in [9.17, 15) is 0 Å². The second-order valence-electron chi connectivity index (χ2n) is 14.4. The fraction of sp³-hybridized carbons (Fsp3) is 0. The molecule has 0 aliphatic rings. The third kappa shape index (κ3) is 4.57. The van der Waals surface area contributed by atoms with E-state index in [1.165, 1.54) is 47.4 Å². The Morgan fingerprint density at radius 2 is 1.07 bits per heavy atom. The van der Waals surface area contributed by atoms with Gasteiger partial charge >= 0.3 is 0 Å². The highest BCUT2D eigenvalue weighted by molar-refractivity contribution is 7.26. The minimum absolute atomic E-state index is 0.899. The molecular weight excluding hydrogens is 701 g/mol. The topological polar surface area (TPSA) is 21.3 Å². The van der Waals surface area contributed by atoms with E-state index >= 15 is 0 Å². The normalized spacial score (nSPS) is 11.9. The number of furan rings is 1. The first kappa shape index (κ1) is 31.2. The molecule has 3 aromatic heterocycles. The molecule has 0 aliphatic heterocycles. The summed E-state index contributed by atoms with van der Waals surface area (Å²) in [5, 5.41) is 9.61. The first-order valence-electron chi connectivity index (χ1n) is 19.0. The lowest BCUT2D eigenvalue weighted by atomic mass is 9.98. The Balaban J connectivity index is 1.10. The number of rotatable bonds is 5. The van der Waals surface area contributed by atoms with Crippen LogP contribution in [0.1, 0.15) is 0 Å². The summed E-state index contributed by atoms with van der Waals surface area (Å²) in [4.78, 5) is 2.46.